The van der Waals surface area contributed by atoms with Crippen molar-refractivity contribution in [2.75, 3.05) is 18.0 Å². The van der Waals surface area contributed by atoms with Crippen LogP contribution in [0.15, 0.2) is 24.4 Å². The summed E-state index contributed by atoms with van der Waals surface area (Å²) in [6.45, 7) is 6.60. The molecule has 0 bridgehead atoms. The third-order valence-electron chi connectivity index (χ3n) is 1.96. The lowest BCUT2D eigenvalue weighted by Crippen LogP contribution is -2.25. The molecule has 1 aromatic rings. The van der Waals surface area contributed by atoms with Crippen LogP contribution in [0.25, 0.3) is 0 Å². The van der Waals surface area contributed by atoms with Gasteiger partial charge in [0, 0.05) is 19.3 Å². The van der Waals surface area contributed by atoms with Gasteiger partial charge in [0.05, 0.1) is 0 Å². The third-order valence-corrected chi connectivity index (χ3v) is 1.96. The molecule has 0 N–H and O–H groups in total. The van der Waals surface area contributed by atoms with Crippen LogP contribution in [0.2, 0.25) is 0 Å². The lowest BCUT2D eigenvalue weighted by atomic mass is 10.3. The van der Waals surface area contributed by atoms with Crippen molar-refractivity contribution in [1.82, 2.24) is 4.98 Å². The van der Waals surface area contributed by atoms with Gasteiger partial charge in [0.25, 0.3) is 0 Å². The second-order valence-corrected chi connectivity index (χ2v) is 3.17. The Morgan fingerprint density at radius 1 is 1.15 bits per heavy atom. The summed E-state index contributed by atoms with van der Waals surface area (Å²) in [4.78, 5) is 6.68. The highest BCUT2D eigenvalue weighted by molar-refractivity contribution is 5.37. The van der Waals surface area contributed by atoms with Crippen molar-refractivity contribution in [3.05, 3.63) is 24.4 Å². The minimum absolute atomic E-state index is 1.10. The van der Waals surface area contributed by atoms with Gasteiger partial charge in [0.15, 0.2) is 0 Å². The van der Waals surface area contributed by atoms with Gasteiger partial charge < -0.3 is 4.90 Å². The van der Waals surface area contributed by atoms with Gasteiger partial charge in [-0.25, -0.2) is 4.98 Å². The number of hydrogen-bond donors (Lipinski definition) is 0. The van der Waals surface area contributed by atoms with E-state index in [9.17, 15) is 0 Å². The Kier molecular flexibility index (Phi) is 4.30. The molecule has 2 heteroatoms. The van der Waals surface area contributed by atoms with Crippen LogP contribution in [0.4, 0.5) is 5.82 Å². The number of rotatable bonds is 5. The zero-order chi connectivity index (χ0) is 9.52. The van der Waals surface area contributed by atoms with E-state index in [1.807, 2.05) is 18.3 Å². The molecule has 0 aliphatic heterocycles. The Hall–Kier alpha value is -1.05. The first-order valence-corrected chi connectivity index (χ1v) is 5.04. The van der Waals surface area contributed by atoms with Gasteiger partial charge in [0.1, 0.15) is 5.82 Å². The maximum Gasteiger partial charge on any atom is 0.128 e. The highest BCUT2D eigenvalue weighted by Crippen LogP contribution is 2.09. The first-order chi connectivity index (χ1) is 6.38. The normalized spacial score (nSPS) is 10.0. The minimum Gasteiger partial charge on any atom is -0.357 e. The molecule has 0 aliphatic carbocycles. The average molecular weight is 178 g/mol. The van der Waals surface area contributed by atoms with Crippen molar-refractivity contribution in [3.8, 4) is 0 Å². The fourth-order valence-electron chi connectivity index (χ4n) is 1.42. The molecule has 13 heavy (non-hydrogen) atoms. The van der Waals surface area contributed by atoms with Crippen LogP contribution in [-0.4, -0.2) is 18.1 Å². The largest absolute Gasteiger partial charge is 0.357 e. The standard InChI is InChI=1S/C11H18N2/c1-3-9-13(10-4-2)11-7-5-6-8-12-11/h5-8H,3-4,9-10H2,1-2H3. The van der Waals surface area contributed by atoms with Gasteiger partial charge in [-0.05, 0) is 25.0 Å². The lowest BCUT2D eigenvalue weighted by Gasteiger charge is -2.22. The van der Waals surface area contributed by atoms with Gasteiger partial charge in [-0.15, -0.1) is 0 Å². The van der Waals surface area contributed by atoms with E-state index in [0.717, 1.165) is 18.9 Å². The molecule has 0 radical (unpaired) electrons. The highest BCUT2D eigenvalue weighted by Gasteiger charge is 2.03. The lowest BCUT2D eigenvalue weighted by molar-refractivity contribution is 0.734. The van der Waals surface area contributed by atoms with Gasteiger partial charge in [-0.2, -0.15) is 0 Å². The van der Waals surface area contributed by atoms with Crippen LogP contribution >= 0.6 is 0 Å². The maximum absolute atomic E-state index is 4.34. The molecule has 1 rings (SSSR count). The number of aromatic nitrogens is 1. The van der Waals surface area contributed by atoms with E-state index in [1.54, 1.807) is 0 Å². The molecule has 0 unspecified atom stereocenters. The predicted octanol–water partition coefficient (Wildman–Crippen LogP) is 2.71. The number of hydrogen-bond acceptors (Lipinski definition) is 2. The Morgan fingerprint density at radius 3 is 2.31 bits per heavy atom. The Bertz CT molecular complexity index is 215. The van der Waals surface area contributed by atoms with E-state index >= 15 is 0 Å². The average Bonchev–Trinajstić information content (AvgIpc) is 2.19. The molecule has 0 saturated heterocycles. The van der Waals surface area contributed by atoms with Crippen molar-refractivity contribution in [2.45, 2.75) is 26.7 Å². The molecule has 0 amide bonds. The molecule has 2 nitrogen and oxygen atoms in total. The summed E-state index contributed by atoms with van der Waals surface area (Å²) in [5.74, 6) is 1.10. The predicted molar refractivity (Wildman–Crippen MR) is 57.0 cm³/mol. The number of anilines is 1. The summed E-state index contributed by atoms with van der Waals surface area (Å²) < 4.78 is 0. The van der Waals surface area contributed by atoms with E-state index in [4.69, 9.17) is 0 Å². The van der Waals surface area contributed by atoms with Crippen LogP contribution in [0.1, 0.15) is 26.7 Å². The molecule has 72 valence electrons. The quantitative estimate of drug-likeness (QED) is 0.689. The molecular weight excluding hydrogens is 160 g/mol. The first-order valence-electron chi connectivity index (χ1n) is 5.04. The summed E-state index contributed by atoms with van der Waals surface area (Å²) >= 11 is 0. The van der Waals surface area contributed by atoms with E-state index in [2.05, 4.69) is 29.8 Å². The topological polar surface area (TPSA) is 16.1 Å². The summed E-state index contributed by atoms with van der Waals surface area (Å²) in [5.41, 5.74) is 0. The molecule has 0 spiro atoms. The van der Waals surface area contributed by atoms with Crippen molar-refractivity contribution in [2.24, 2.45) is 0 Å². The van der Waals surface area contributed by atoms with Crippen molar-refractivity contribution in [3.63, 3.8) is 0 Å². The smallest absolute Gasteiger partial charge is 0.128 e. The molecule has 0 saturated carbocycles. The highest BCUT2D eigenvalue weighted by atomic mass is 15.2. The monoisotopic (exact) mass is 178 g/mol. The second kappa shape index (κ2) is 5.57. The zero-order valence-electron chi connectivity index (χ0n) is 8.53. The molecule has 0 aliphatic rings. The van der Waals surface area contributed by atoms with E-state index in [0.29, 0.717) is 0 Å². The summed E-state index contributed by atoms with van der Waals surface area (Å²) in [5, 5.41) is 0. The zero-order valence-corrected chi connectivity index (χ0v) is 8.53. The van der Waals surface area contributed by atoms with Gasteiger partial charge in [-0.3, -0.25) is 0 Å². The molecular formula is C11H18N2. The Morgan fingerprint density at radius 2 is 1.85 bits per heavy atom. The van der Waals surface area contributed by atoms with Crippen LogP contribution < -0.4 is 4.90 Å². The van der Waals surface area contributed by atoms with Crippen LogP contribution in [0.5, 0.6) is 0 Å². The van der Waals surface area contributed by atoms with E-state index < -0.39 is 0 Å². The fourth-order valence-corrected chi connectivity index (χ4v) is 1.42. The molecule has 1 aromatic heterocycles. The van der Waals surface area contributed by atoms with Gasteiger partial charge in [0.2, 0.25) is 0 Å². The van der Waals surface area contributed by atoms with Gasteiger partial charge >= 0.3 is 0 Å². The fraction of sp³-hybridized carbons (Fsp3) is 0.545. The Labute approximate surface area is 80.6 Å². The second-order valence-electron chi connectivity index (χ2n) is 3.17. The van der Waals surface area contributed by atoms with Crippen LogP contribution in [-0.2, 0) is 0 Å². The molecule has 0 atom stereocenters. The van der Waals surface area contributed by atoms with E-state index in [1.165, 1.54) is 12.8 Å². The molecule has 0 aromatic carbocycles. The maximum atomic E-state index is 4.34. The van der Waals surface area contributed by atoms with Crippen molar-refractivity contribution < 1.29 is 0 Å². The van der Waals surface area contributed by atoms with Crippen molar-refractivity contribution >= 4 is 5.82 Å². The molecule has 1 heterocycles. The third kappa shape index (κ3) is 3.05. The van der Waals surface area contributed by atoms with Crippen LogP contribution in [0, 0.1) is 0 Å². The first kappa shape index (κ1) is 10.0. The summed E-state index contributed by atoms with van der Waals surface area (Å²) in [6.07, 6.45) is 4.21. The summed E-state index contributed by atoms with van der Waals surface area (Å²) in [7, 11) is 0. The number of nitrogens with zero attached hydrogens (tertiary/aromatic N) is 2. The van der Waals surface area contributed by atoms with Crippen LogP contribution in [0.3, 0.4) is 0 Å². The number of pyridine rings is 1. The Balaban J connectivity index is 2.64. The summed E-state index contributed by atoms with van der Waals surface area (Å²) in [6, 6.07) is 6.07. The molecule has 0 fully saturated rings. The minimum atomic E-state index is 1.10. The SMILES string of the molecule is CCCN(CCC)c1ccccn1. The van der Waals surface area contributed by atoms with Crippen molar-refractivity contribution in [1.29, 1.82) is 0 Å². The van der Waals surface area contributed by atoms with Gasteiger partial charge in [-0.1, -0.05) is 19.9 Å². The van der Waals surface area contributed by atoms with E-state index in [-0.39, 0.29) is 0 Å².